The SMILES string of the molecule is O=C(NCCOCCN(CCCO)CCOCCNC(=O)c1ccccc1)c1ccccc1. The van der Waals surface area contributed by atoms with E-state index in [0.29, 0.717) is 70.2 Å². The van der Waals surface area contributed by atoms with E-state index >= 15 is 0 Å². The van der Waals surface area contributed by atoms with Crippen molar-refractivity contribution in [3.63, 3.8) is 0 Å². The second-order valence-electron chi connectivity index (χ2n) is 7.39. The quantitative estimate of drug-likeness (QED) is 0.312. The number of carbonyl (C=O) groups excluding carboxylic acids is 2. The Morgan fingerprint density at radius 1 is 0.697 bits per heavy atom. The van der Waals surface area contributed by atoms with Crippen molar-refractivity contribution in [3.05, 3.63) is 71.8 Å². The highest BCUT2D eigenvalue weighted by Gasteiger charge is 2.07. The fourth-order valence-corrected chi connectivity index (χ4v) is 3.08. The lowest BCUT2D eigenvalue weighted by molar-refractivity contribution is 0.0700. The van der Waals surface area contributed by atoms with Gasteiger partial charge in [0, 0.05) is 50.5 Å². The first kappa shape index (κ1) is 26.5. The van der Waals surface area contributed by atoms with E-state index in [1.54, 1.807) is 24.3 Å². The summed E-state index contributed by atoms with van der Waals surface area (Å²) in [4.78, 5) is 26.1. The maximum absolute atomic E-state index is 12.0. The van der Waals surface area contributed by atoms with E-state index in [2.05, 4.69) is 15.5 Å². The Bertz CT molecular complexity index is 726. The number of ether oxygens (including phenoxy) is 2. The summed E-state index contributed by atoms with van der Waals surface area (Å²) in [6.45, 7) is 5.12. The highest BCUT2D eigenvalue weighted by molar-refractivity contribution is 5.94. The van der Waals surface area contributed by atoms with E-state index < -0.39 is 0 Å². The number of amides is 2. The molecule has 0 aliphatic rings. The van der Waals surface area contributed by atoms with Gasteiger partial charge in [-0.15, -0.1) is 0 Å². The van der Waals surface area contributed by atoms with Crippen LogP contribution in [0, 0.1) is 0 Å². The molecule has 0 heterocycles. The van der Waals surface area contributed by atoms with Crippen LogP contribution >= 0.6 is 0 Å². The Balaban J connectivity index is 1.52. The van der Waals surface area contributed by atoms with Crippen molar-refractivity contribution in [2.75, 3.05) is 65.8 Å². The lowest BCUT2D eigenvalue weighted by Gasteiger charge is -2.22. The van der Waals surface area contributed by atoms with Crippen molar-refractivity contribution < 1.29 is 24.2 Å². The lowest BCUT2D eigenvalue weighted by atomic mass is 10.2. The van der Waals surface area contributed by atoms with Crippen molar-refractivity contribution in [1.82, 2.24) is 15.5 Å². The van der Waals surface area contributed by atoms with Crippen molar-refractivity contribution >= 4 is 11.8 Å². The van der Waals surface area contributed by atoms with Gasteiger partial charge in [0.1, 0.15) is 0 Å². The number of hydrogen-bond donors (Lipinski definition) is 3. The number of nitrogens with zero attached hydrogens (tertiary/aromatic N) is 1. The highest BCUT2D eigenvalue weighted by Crippen LogP contribution is 1.98. The Kier molecular flexibility index (Phi) is 13.5. The van der Waals surface area contributed by atoms with Crippen LogP contribution in [-0.2, 0) is 9.47 Å². The van der Waals surface area contributed by atoms with E-state index in [1.807, 2.05) is 36.4 Å². The standard InChI is InChI=1S/C25H35N3O5/c29-17-7-14-28(15-20-32-18-12-26-24(30)22-8-3-1-4-9-22)16-21-33-19-13-27-25(31)23-10-5-2-6-11-23/h1-6,8-11,29H,7,12-21H2,(H,26,30)(H,27,31). The summed E-state index contributed by atoms with van der Waals surface area (Å²) < 4.78 is 11.3. The molecule has 0 saturated carbocycles. The molecule has 180 valence electrons. The molecule has 0 aromatic heterocycles. The van der Waals surface area contributed by atoms with Crippen molar-refractivity contribution in [2.45, 2.75) is 6.42 Å². The van der Waals surface area contributed by atoms with Crippen LogP contribution in [0.4, 0.5) is 0 Å². The summed E-state index contributed by atoms with van der Waals surface area (Å²) in [7, 11) is 0. The van der Waals surface area contributed by atoms with Gasteiger partial charge < -0.3 is 25.2 Å². The molecule has 0 aliphatic heterocycles. The first-order chi connectivity index (χ1) is 16.2. The zero-order valence-electron chi connectivity index (χ0n) is 19.1. The van der Waals surface area contributed by atoms with Crippen LogP contribution in [0.1, 0.15) is 27.1 Å². The second kappa shape index (κ2) is 16.8. The van der Waals surface area contributed by atoms with Gasteiger partial charge in [0.05, 0.1) is 26.4 Å². The van der Waals surface area contributed by atoms with Crippen molar-refractivity contribution in [2.24, 2.45) is 0 Å². The van der Waals surface area contributed by atoms with E-state index in [4.69, 9.17) is 14.6 Å². The molecule has 3 N–H and O–H groups in total. The minimum atomic E-state index is -0.110. The van der Waals surface area contributed by atoms with Gasteiger partial charge in [0.25, 0.3) is 11.8 Å². The molecule has 0 aliphatic carbocycles. The predicted octanol–water partition coefficient (Wildman–Crippen LogP) is 1.56. The number of aliphatic hydroxyl groups excluding tert-OH is 1. The Hall–Kier alpha value is -2.78. The molecule has 8 nitrogen and oxygen atoms in total. The summed E-state index contributed by atoms with van der Waals surface area (Å²) >= 11 is 0. The molecule has 8 heteroatoms. The van der Waals surface area contributed by atoms with Crippen molar-refractivity contribution in [1.29, 1.82) is 0 Å². The molecular weight excluding hydrogens is 422 g/mol. The zero-order valence-corrected chi connectivity index (χ0v) is 19.1. The topological polar surface area (TPSA) is 100 Å². The molecule has 2 aromatic rings. The first-order valence-electron chi connectivity index (χ1n) is 11.4. The number of nitrogens with one attached hydrogen (secondary N) is 2. The fourth-order valence-electron chi connectivity index (χ4n) is 3.08. The number of benzene rings is 2. The molecule has 33 heavy (non-hydrogen) atoms. The molecule has 2 rings (SSSR count). The van der Waals surface area contributed by atoms with Crippen LogP contribution in [0.25, 0.3) is 0 Å². The van der Waals surface area contributed by atoms with Gasteiger partial charge in [0.2, 0.25) is 0 Å². The molecule has 0 spiro atoms. The number of aliphatic hydroxyl groups is 1. The molecule has 0 fully saturated rings. The molecule has 2 aromatic carbocycles. The Morgan fingerprint density at radius 2 is 1.15 bits per heavy atom. The molecule has 0 bridgehead atoms. The van der Waals surface area contributed by atoms with E-state index in [0.717, 1.165) is 6.54 Å². The lowest BCUT2D eigenvalue weighted by Crippen LogP contribution is -2.34. The Labute approximate surface area is 195 Å². The summed E-state index contributed by atoms with van der Waals surface area (Å²) in [5.74, 6) is -0.221. The number of carbonyl (C=O) groups is 2. The Morgan fingerprint density at radius 3 is 1.58 bits per heavy atom. The molecular formula is C25H35N3O5. The zero-order chi connectivity index (χ0) is 23.6. The summed E-state index contributed by atoms with van der Waals surface area (Å²) in [6.07, 6.45) is 0.681. The molecule has 0 unspecified atom stereocenters. The molecule has 0 radical (unpaired) electrons. The monoisotopic (exact) mass is 457 g/mol. The molecule has 0 atom stereocenters. The highest BCUT2D eigenvalue weighted by atomic mass is 16.5. The van der Waals surface area contributed by atoms with Crippen LogP contribution in [0.5, 0.6) is 0 Å². The maximum atomic E-state index is 12.0. The van der Waals surface area contributed by atoms with E-state index in [1.165, 1.54) is 0 Å². The van der Waals surface area contributed by atoms with Gasteiger partial charge in [-0.1, -0.05) is 36.4 Å². The average Bonchev–Trinajstić information content (AvgIpc) is 2.86. The van der Waals surface area contributed by atoms with Crippen LogP contribution < -0.4 is 10.6 Å². The van der Waals surface area contributed by atoms with Gasteiger partial charge in [-0.3, -0.25) is 14.5 Å². The summed E-state index contributed by atoms with van der Waals surface area (Å²) in [6, 6.07) is 18.2. The minimum Gasteiger partial charge on any atom is -0.396 e. The van der Waals surface area contributed by atoms with Crippen molar-refractivity contribution in [3.8, 4) is 0 Å². The fraction of sp³-hybridized carbons (Fsp3) is 0.440. The van der Waals surface area contributed by atoms with Gasteiger partial charge in [-0.25, -0.2) is 0 Å². The van der Waals surface area contributed by atoms with Gasteiger partial charge in [0.15, 0.2) is 0 Å². The largest absolute Gasteiger partial charge is 0.396 e. The normalized spacial score (nSPS) is 10.8. The van der Waals surface area contributed by atoms with Crippen LogP contribution in [0.2, 0.25) is 0 Å². The average molecular weight is 458 g/mol. The maximum Gasteiger partial charge on any atom is 0.251 e. The predicted molar refractivity (Wildman–Crippen MR) is 127 cm³/mol. The first-order valence-corrected chi connectivity index (χ1v) is 11.4. The minimum absolute atomic E-state index is 0.110. The third kappa shape index (κ3) is 11.6. The van der Waals surface area contributed by atoms with Gasteiger partial charge in [-0.05, 0) is 30.7 Å². The molecule has 0 saturated heterocycles. The number of rotatable bonds is 17. The molecule has 2 amide bonds. The van der Waals surface area contributed by atoms with Crippen LogP contribution in [0.3, 0.4) is 0 Å². The number of hydrogen-bond acceptors (Lipinski definition) is 6. The van der Waals surface area contributed by atoms with Crippen LogP contribution in [-0.4, -0.2) is 87.6 Å². The smallest absolute Gasteiger partial charge is 0.251 e. The van der Waals surface area contributed by atoms with Gasteiger partial charge in [-0.2, -0.15) is 0 Å². The second-order valence-corrected chi connectivity index (χ2v) is 7.39. The third-order valence-electron chi connectivity index (χ3n) is 4.87. The van der Waals surface area contributed by atoms with E-state index in [9.17, 15) is 9.59 Å². The van der Waals surface area contributed by atoms with Crippen LogP contribution in [0.15, 0.2) is 60.7 Å². The summed E-state index contributed by atoms with van der Waals surface area (Å²) in [5, 5.41) is 14.8. The third-order valence-corrected chi connectivity index (χ3v) is 4.87. The summed E-state index contributed by atoms with van der Waals surface area (Å²) in [5.41, 5.74) is 1.26. The van der Waals surface area contributed by atoms with E-state index in [-0.39, 0.29) is 18.4 Å². The van der Waals surface area contributed by atoms with Gasteiger partial charge >= 0.3 is 0 Å².